The average molecular weight is 289 g/mol. The third-order valence-corrected chi connectivity index (χ3v) is 4.97. The van der Waals surface area contributed by atoms with Gasteiger partial charge in [-0.05, 0) is 63.8 Å². The van der Waals surface area contributed by atoms with Crippen LogP contribution in [-0.4, -0.2) is 37.6 Å². The van der Waals surface area contributed by atoms with Crippen LogP contribution in [0.15, 0.2) is 0 Å². The number of rotatable bonds is 6. The summed E-state index contributed by atoms with van der Waals surface area (Å²) in [6.45, 7) is 8.65. The van der Waals surface area contributed by atoms with E-state index < -0.39 is 0 Å². The van der Waals surface area contributed by atoms with Crippen molar-refractivity contribution < 1.29 is 0 Å². The van der Waals surface area contributed by atoms with Gasteiger partial charge in [0, 0.05) is 0 Å². The van der Waals surface area contributed by atoms with Gasteiger partial charge in [0.2, 0.25) is 0 Å². The first-order valence-corrected chi connectivity index (χ1v) is 8.31. The van der Waals surface area contributed by atoms with E-state index in [1.807, 2.05) is 0 Å². The molecular weight excluding hydrogens is 256 g/mol. The maximum Gasteiger partial charge on any atom is -0.00156 e. The van der Waals surface area contributed by atoms with Crippen molar-refractivity contribution in [1.82, 2.24) is 10.2 Å². The topological polar surface area (TPSA) is 15.3 Å². The molecule has 0 unspecified atom stereocenters. The number of halogens is 1. The van der Waals surface area contributed by atoms with E-state index in [0.29, 0.717) is 0 Å². The van der Waals surface area contributed by atoms with Gasteiger partial charge in [-0.25, -0.2) is 0 Å². The van der Waals surface area contributed by atoms with E-state index in [0.717, 1.165) is 18.4 Å². The molecule has 1 heterocycles. The fraction of sp³-hybridized carbons (Fsp3) is 1.00. The smallest absolute Gasteiger partial charge is 0.00156 e. The molecule has 0 aromatic heterocycles. The van der Waals surface area contributed by atoms with Crippen LogP contribution >= 0.6 is 12.4 Å². The lowest BCUT2D eigenvalue weighted by Crippen LogP contribution is -2.38. The Morgan fingerprint density at radius 3 is 2.26 bits per heavy atom. The number of nitrogens with one attached hydrogen (secondary N) is 1. The third-order valence-electron chi connectivity index (χ3n) is 4.97. The summed E-state index contributed by atoms with van der Waals surface area (Å²) in [5.74, 6) is 1.99. The molecule has 1 saturated carbocycles. The Kier molecular flexibility index (Phi) is 9.10. The molecule has 0 radical (unpaired) electrons. The van der Waals surface area contributed by atoms with Crippen molar-refractivity contribution in [2.75, 3.05) is 32.7 Å². The number of hydrogen-bond donors (Lipinski definition) is 1. The summed E-state index contributed by atoms with van der Waals surface area (Å²) in [5, 5.41) is 3.50. The zero-order valence-corrected chi connectivity index (χ0v) is 13.5. The van der Waals surface area contributed by atoms with Crippen molar-refractivity contribution >= 4 is 12.4 Å². The lowest BCUT2D eigenvalue weighted by molar-refractivity contribution is 0.166. The molecule has 114 valence electrons. The first kappa shape index (κ1) is 17.3. The molecule has 2 aliphatic rings. The first-order valence-electron chi connectivity index (χ1n) is 8.31. The molecule has 2 nitrogen and oxygen atoms in total. The van der Waals surface area contributed by atoms with E-state index in [2.05, 4.69) is 17.1 Å². The quantitative estimate of drug-likeness (QED) is 0.802. The van der Waals surface area contributed by atoms with Crippen molar-refractivity contribution in [2.45, 2.75) is 58.3 Å². The Balaban J connectivity index is 0.00000180. The van der Waals surface area contributed by atoms with Crippen LogP contribution in [0.1, 0.15) is 58.3 Å². The summed E-state index contributed by atoms with van der Waals surface area (Å²) in [6, 6.07) is 0. The molecule has 2 rings (SSSR count). The van der Waals surface area contributed by atoms with Crippen LogP contribution in [0.4, 0.5) is 0 Å². The molecule has 1 aliphatic heterocycles. The van der Waals surface area contributed by atoms with Gasteiger partial charge in [0.15, 0.2) is 0 Å². The van der Waals surface area contributed by atoms with Crippen molar-refractivity contribution in [2.24, 2.45) is 11.8 Å². The van der Waals surface area contributed by atoms with Gasteiger partial charge in [0.25, 0.3) is 0 Å². The molecule has 0 atom stereocenters. The largest absolute Gasteiger partial charge is 0.317 e. The van der Waals surface area contributed by atoms with Crippen molar-refractivity contribution in [1.29, 1.82) is 0 Å². The van der Waals surface area contributed by atoms with Gasteiger partial charge in [0.05, 0.1) is 0 Å². The highest BCUT2D eigenvalue weighted by Crippen LogP contribution is 2.27. The van der Waals surface area contributed by atoms with Crippen molar-refractivity contribution in [3.05, 3.63) is 0 Å². The zero-order valence-electron chi connectivity index (χ0n) is 12.7. The van der Waals surface area contributed by atoms with E-state index in [1.54, 1.807) is 0 Å². The summed E-state index contributed by atoms with van der Waals surface area (Å²) in [7, 11) is 0. The van der Waals surface area contributed by atoms with Gasteiger partial charge in [0.1, 0.15) is 0 Å². The van der Waals surface area contributed by atoms with Gasteiger partial charge >= 0.3 is 0 Å². The predicted molar refractivity (Wildman–Crippen MR) is 86.1 cm³/mol. The van der Waals surface area contributed by atoms with E-state index in [1.165, 1.54) is 77.5 Å². The SMILES string of the molecule is CCNCC1CCN(CCC2CCCCC2)CC1.Cl. The molecule has 0 spiro atoms. The summed E-state index contributed by atoms with van der Waals surface area (Å²) in [5.41, 5.74) is 0. The summed E-state index contributed by atoms with van der Waals surface area (Å²) in [4.78, 5) is 2.72. The number of nitrogens with zero attached hydrogens (tertiary/aromatic N) is 1. The lowest BCUT2D eigenvalue weighted by atomic mass is 9.86. The molecule has 1 aliphatic carbocycles. The third kappa shape index (κ3) is 6.46. The number of piperidine rings is 1. The lowest BCUT2D eigenvalue weighted by Gasteiger charge is -2.33. The van der Waals surface area contributed by atoms with Crippen LogP contribution in [0.5, 0.6) is 0 Å². The Labute approximate surface area is 126 Å². The molecular formula is C16H33ClN2. The summed E-state index contributed by atoms with van der Waals surface area (Å²) >= 11 is 0. The fourth-order valence-corrected chi connectivity index (χ4v) is 3.60. The minimum absolute atomic E-state index is 0. The molecule has 19 heavy (non-hydrogen) atoms. The molecule has 1 N–H and O–H groups in total. The first-order chi connectivity index (χ1) is 8.88. The minimum Gasteiger partial charge on any atom is -0.317 e. The fourth-order valence-electron chi connectivity index (χ4n) is 3.60. The predicted octanol–water partition coefficient (Wildman–Crippen LogP) is 3.70. The van der Waals surface area contributed by atoms with E-state index >= 15 is 0 Å². The second-order valence-electron chi connectivity index (χ2n) is 6.39. The van der Waals surface area contributed by atoms with Crippen LogP contribution in [0, 0.1) is 11.8 Å². The molecule has 0 aromatic rings. The summed E-state index contributed by atoms with van der Waals surface area (Å²) in [6.07, 6.45) is 11.8. The van der Waals surface area contributed by atoms with Crippen LogP contribution in [0.2, 0.25) is 0 Å². The Hall–Kier alpha value is 0.210. The van der Waals surface area contributed by atoms with E-state index in [4.69, 9.17) is 0 Å². The van der Waals surface area contributed by atoms with Gasteiger partial charge in [-0.15, -0.1) is 12.4 Å². The normalized spacial score (nSPS) is 23.2. The maximum absolute atomic E-state index is 3.50. The standard InChI is InChI=1S/C16H32N2.ClH/c1-2-17-14-16-9-12-18(13-10-16)11-8-15-6-4-3-5-7-15;/h15-17H,2-14H2,1H3;1H. The highest BCUT2D eigenvalue weighted by molar-refractivity contribution is 5.85. The molecule has 1 saturated heterocycles. The Bertz CT molecular complexity index is 209. The highest BCUT2D eigenvalue weighted by Gasteiger charge is 2.20. The molecule has 0 bridgehead atoms. The Morgan fingerprint density at radius 2 is 1.63 bits per heavy atom. The van der Waals surface area contributed by atoms with E-state index in [9.17, 15) is 0 Å². The minimum atomic E-state index is 0. The number of hydrogen-bond acceptors (Lipinski definition) is 2. The van der Waals surface area contributed by atoms with E-state index in [-0.39, 0.29) is 12.4 Å². The molecule has 0 aromatic carbocycles. The van der Waals surface area contributed by atoms with Crippen molar-refractivity contribution in [3.8, 4) is 0 Å². The average Bonchev–Trinajstić information content (AvgIpc) is 2.45. The van der Waals surface area contributed by atoms with Crippen LogP contribution in [0.3, 0.4) is 0 Å². The monoisotopic (exact) mass is 288 g/mol. The van der Waals surface area contributed by atoms with Crippen LogP contribution in [-0.2, 0) is 0 Å². The number of likely N-dealkylation sites (tertiary alicyclic amines) is 1. The molecule has 0 amide bonds. The second kappa shape index (κ2) is 10.0. The summed E-state index contributed by atoms with van der Waals surface area (Å²) < 4.78 is 0. The van der Waals surface area contributed by atoms with Gasteiger partial charge in [-0.1, -0.05) is 39.0 Å². The molecule has 3 heteroatoms. The van der Waals surface area contributed by atoms with Crippen molar-refractivity contribution in [3.63, 3.8) is 0 Å². The Morgan fingerprint density at radius 1 is 0.947 bits per heavy atom. The van der Waals surface area contributed by atoms with Crippen LogP contribution < -0.4 is 5.32 Å². The molecule has 2 fully saturated rings. The second-order valence-corrected chi connectivity index (χ2v) is 6.39. The highest BCUT2D eigenvalue weighted by atomic mass is 35.5. The maximum atomic E-state index is 3.50. The van der Waals surface area contributed by atoms with Gasteiger partial charge < -0.3 is 10.2 Å². The van der Waals surface area contributed by atoms with Gasteiger partial charge in [-0.2, -0.15) is 0 Å². The van der Waals surface area contributed by atoms with Crippen LogP contribution in [0.25, 0.3) is 0 Å². The zero-order chi connectivity index (χ0) is 12.6. The van der Waals surface area contributed by atoms with Gasteiger partial charge in [-0.3, -0.25) is 0 Å².